The number of amides is 2. The smallest absolute Gasteiger partial charge is 0.416 e. The Morgan fingerprint density at radius 2 is 2.29 bits per heavy atom. The van der Waals surface area contributed by atoms with E-state index in [1.54, 1.807) is 0 Å². The van der Waals surface area contributed by atoms with Gasteiger partial charge in [0, 0.05) is 12.4 Å². The maximum Gasteiger partial charge on any atom is 0.416 e. The normalized spacial score (nSPS) is 14.8. The second-order valence-corrected chi connectivity index (χ2v) is 4.16. The zero-order chi connectivity index (χ0) is 12.3. The first kappa shape index (κ1) is 11.6. The van der Waals surface area contributed by atoms with Gasteiger partial charge in [0.15, 0.2) is 5.82 Å². The summed E-state index contributed by atoms with van der Waals surface area (Å²) in [5.74, 6) is 0.0368. The molecule has 8 heteroatoms. The molecule has 90 valence electrons. The lowest BCUT2D eigenvalue weighted by Crippen LogP contribution is -2.33. The predicted octanol–water partition coefficient (Wildman–Crippen LogP) is 0.130. The molecule has 2 amide bonds. The number of nitrogen functional groups attached to an aromatic ring is 1. The Morgan fingerprint density at radius 3 is 2.94 bits per heavy atom. The molecule has 1 aliphatic heterocycles. The van der Waals surface area contributed by atoms with Crippen LogP contribution in [0.25, 0.3) is 0 Å². The average Bonchev–Trinajstić information content (AvgIpc) is 2.74. The highest BCUT2D eigenvalue weighted by Gasteiger charge is 2.28. The standard InChI is InChI=1S/C9H10N4O3S/c10-7-8(12-2-1-11-7)17-5-6(14)13-3-4-16-9(13)15/h1-2H,3-5H2,(H2,10,11). The lowest BCUT2D eigenvalue weighted by Gasteiger charge is -2.09. The van der Waals surface area contributed by atoms with Crippen LogP contribution < -0.4 is 5.73 Å². The molecular formula is C9H10N4O3S. The van der Waals surface area contributed by atoms with Crippen molar-refractivity contribution in [2.75, 3.05) is 24.6 Å². The Morgan fingerprint density at radius 1 is 1.53 bits per heavy atom. The van der Waals surface area contributed by atoms with Crippen LogP contribution in [0.1, 0.15) is 0 Å². The molecule has 1 saturated heterocycles. The van der Waals surface area contributed by atoms with Crippen molar-refractivity contribution in [3.05, 3.63) is 12.4 Å². The predicted molar refractivity (Wildman–Crippen MR) is 60.2 cm³/mol. The fourth-order valence-electron chi connectivity index (χ4n) is 1.28. The molecule has 2 rings (SSSR count). The summed E-state index contributed by atoms with van der Waals surface area (Å²) >= 11 is 1.15. The number of hydrogen-bond acceptors (Lipinski definition) is 7. The van der Waals surface area contributed by atoms with E-state index in [1.807, 2.05) is 0 Å². The summed E-state index contributed by atoms with van der Waals surface area (Å²) in [6.45, 7) is 0.552. The maximum absolute atomic E-state index is 11.7. The van der Waals surface area contributed by atoms with Gasteiger partial charge in [-0.05, 0) is 0 Å². The first-order valence-electron chi connectivity index (χ1n) is 4.85. The molecule has 1 aromatic rings. The molecule has 0 bridgehead atoms. The lowest BCUT2D eigenvalue weighted by molar-refractivity contribution is -0.125. The van der Waals surface area contributed by atoms with E-state index in [0.717, 1.165) is 16.7 Å². The fraction of sp³-hybridized carbons (Fsp3) is 0.333. The Hall–Kier alpha value is -1.83. The summed E-state index contributed by atoms with van der Waals surface area (Å²) in [6, 6.07) is 0. The molecule has 0 spiro atoms. The molecule has 2 heterocycles. The number of thioether (sulfide) groups is 1. The van der Waals surface area contributed by atoms with E-state index in [2.05, 4.69) is 14.7 Å². The van der Waals surface area contributed by atoms with Crippen molar-refractivity contribution in [2.24, 2.45) is 0 Å². The Labute approximate surface area is 101 Å². The molecule has 0 unspecified atom stereocenters. The highest BCUT2D eigenvalue weighted by Crippen LogP contribution is 2.20. The minimum Gasteiger partial charge on any atom is -0.447 e. The molecule has 7 nitrogen and oxygen atoms in total. The van der Waals surface area contributed by atoms with Crippen LogP contribution in [0.5, 0.6) is 0 Å². The van der Waals surface area contributed by atoms with Gasteiger partial charge in [0.1, 0.15) is 11.6 Å². The van der Waals surface area contributed by atoms with Gasteiger partial charge in [-0.1, -0.05) is 11.8 Å². The van der Waals surface area contributed by atoms with E-state index >= 15 is 0 Å². The summed E-state index contributed by atoms with van der Waals surface area (Å²) in [6.07, 6.45) is 2.37. The topological polar surface area (TPSA) is 98.4 Å². The van der Waals surface area contributed by atoms with Crippen LogP contribution in [0, 0.1) is 0 Å². The highest BCUT2D eigenvalue weighted by molar-refractivity contribution is 8.00. The zero-order valence-corrected chi connectivity index (χ0v) is 9.64. The van der Waals surface area contributed by atoms with Gasteiger partial charge in [-0.15, -0.1) is 0 Å². The van der Waals surface area contributed by atoms with Crippen LogP contribution in [0.4, 0.5) is 10.6 Å². The molecule has 0 aromatic carbocycles. The van der Waals surface area contributed by atoms with E-state index in [9.17, 15) is 9.59 Å². The van der Waals surface area contributed by atoms with Gasteiger partial charge in [0.2, 0.25) is 5.91 Å². The first-order chi connectivity index (χ1) is 8.18. The number of imide groups is 1. The zero-order valence-electron chi connectivity index (χ0n) is 8.83. The average molecular weight is 254 g/mol. The molecular weight excluding hydrogens is 244 g/mol. The van der Waals surface area contributed by atoms with Crippen LogP contribution in [0.3, 0.4) is 0 Å². The van der Waals surface area contributed by atoms with Crippen molar-refractivity contribution in [3.63, 3.8) is 0 Å². The van der Waals surface area contributed by atoms with Crippen LogP contribution in [-0.4, -0.2) is 45.8 Å². The summed E-state index contributed by atoms with van der Waals surface area (Å²) in [5, 5.41) is 0.480. The molecule has 1 aliphatic rings. The second kappa shape index (κ2) is 5.00. The molecule has 1 aromatic heterocycles. The summed E-state index contributed by atoms with van der Waals surface area (Å²) < 4.78 is 4.67. The third kappa shape index (κ3) is 2.64. The number of carbonyl (C=O) groups excluding carboxylic acids is 2. The summed E-state index contributed by atoms with van der Waals surface area (Å²) in [7, 11) is 0. The largest absolute Gasteiger partial charge is 0.447 e. The number of nitrogens with zero attached hydrogens (tertiary/aromatic N) is 3. The minimum atomic E-state index is -0.595. The van der Waals surface area contributed by atoms with Gasteiger partial charge in [-0.3, -0.25) is 4.79 Å². The SMILES string of the molecule is Nc1nccnc1SCC(=O)N1CCOC1=O. The second-order valence-electron chi connectivity index (χ2n) is 3.20. The third-order valence-electron chi connectivity index (χ3n) is 2.09. The van der Waals surface area contributed by atoms with Gasteiger partial charge < -0.3 is 10.5 Å². The number of hydrogen-bond donors (Lipinski definition) is 1. The van der Waals surface area contributed by atoms with Crippen molar-refractivity contribution in [3.8, 4) is 0 Å². The van der Waals surface area contributed by atoms with Crippen molar-refractivity contribution >= 4 is 29.6 Å². The quantitative estimate of drug-likeness (QED) is 0.765. The Kier molecular flexibility index (Phi) is 3.43. The van der Waals surface area contributed by atoms with Crippen molar-refractivity contribution in [2.45, 2.75) is 5.03 Å². The molecule has 2 N–H and O–H groups in total. The van der Waals surface area contributed by atoms with E-state index in [0.29, 0.717) is 11.6 Å². The lowest BCUT2D eigenvalue weighted by atomic mass is 10.5. The van der Waals surface area contributed by atoms with Crippen molar-refractivity contribution < 1.29 is 14.3 Å². The van der Waals surface area contributed by atoms with E-state index in [-0.39, 0.29) is 24.1 Å². The number of ether oxygens (including phenoxy) is 1. The molecule has 17 heavy (non-hydrogen) atoms. The maximum atomic E-state index is 11.7. The number of anilines is 1. The van der Waals surface area contributed by atoms with Crippen LogP contribution in [-0.2, 0) is 9.53 Å². The molecule has 0 radical (unpaired) electrons. The van der Waals surface area contributed by atoms with E-state index < -0.39 is 6.09 Å². The molecule has 0 aliphatic carbocycles. The monoisotopic (exact) mass is 254 g/mol. The van der Waals surface area contributed by atoms with Gasteiger partial charge in [-0.25, -0.2) is 19.7 Å². The third-order valence-corrected chi connectivity index (χ3v) is 3.06. The van der Waals surface area contributed by atoms with Crippen LogP contribution in [0.2, 0.25) is 0 Å². The number of carbonyl (C=O) groups is 2. The Balaban J connectivity index is 1.92. The highest BCUT2D eigenvalue weighted by atomic mass is 32.2. The number of aromatic nitrogens is 2. The van der Waals surface area contributed by atoms with Crippen molar-refractivity contribution in [1.29, 1.82) is 0 Å². The first-order valence-corrected chi connectivity index (χ1v) is 5.83. The van der Waals surface area contributed by atoms with Gasteiger partial charge >= 0.3 is 6.09 Å². The molecule has 1 fully saturated rings. The number of nitrogens with two attached hydrogens (primary N) is 1. The molecule has 0 atom stereocenters. The summed E-state index contributed by atoms with van der Waals surface area (Å²) in [5.41, 5.74) is 5.58. The fourth-order valence-corrected chi connectivity index (χ4v) is 2.03. The van der Waals surface area contributed by atoms with Gasteiger partial charge in [-0.2, -0.15) is 0 Å². The van der Waals surface area contributed by atoms with Crippen molar-refractivity contribution in [1.82, 2.24) is 14.9 Å². The van der Waals surface area contributed by atoms with E-state index in [4.69, 9.17) is 5.73 Å². The van der Waals surface area contributed by atoms with Gasteiger partial charge in [0.05, 0.1) is 12.3 Å². The summed E-state index contributed by atoms with van der Waals surface area (Å²) in [4.78, 5) is 31.7. The number of cyclic esters (lactones) is 1. The number of rotatable bonds is 3. The van der Waals surface area contributed by atoms with Crippen LogP contribution >= 0.6 is 11.8 Å². The molecule has 0 saturated carbocycles. The van der Waals surface area contributed by atoms with E-state index in [1.165, 1.54) is 12.4 Å². The van der Waals surface area contributed by atoms with Gasteiger partial charge in [0.25, 0.3) is 0 Å². The minimum absolute atomic E-state index is 0.0813. The Bertz CT molecular complexity index is 454. The van der Waals surface area contributed by atoms with Crippen LogP contribution in [0.15, 0.2) is 17.4 Å².